The lowest BCUT2D eigenvalue weighted by Gasteiger charge is -2.26. The maximum Gasteiger partial charge on any atom is 0.335 e. The van der Waals surface area contributed by atoms with E-state index in [0.29, 0.717) is 5.75 Å². The molecule has 1 aromatic carbocycles. The first-order chi connectivity index (χ1) is 8.08. The Morgan fingerprint density at radius 2 is 1.82 bits per heavy atom. The summed E-state index contributed by atoms with van der Waals surface area (Å²) >= 11 is 0. The third-order valence-electron chi connectivity index (χ3n) is 2.73. The van der Waals surface area contributed by atoms with Crippen molar-refractivity contribution in [2.45, 2.75) is 27.0 Å². The van der Waals surface area contributed by atoms with Crippen LogP contribution in [0.25, 0.3) is 0 Å². The molecule has 0 aliphatic heterocycles. The fourth-order valence-corrected chi connectivity index (χ4v) is 1.69. The quantitative estimate of drug-likeness (QED) is 0.772. The third kappa shape index (κ3) is 3.75. The normalized spacial score (nSPS) is 12.5. The summed E-state index contributed by atoms with van der Waals surface area (Å²) in [5.41, 5.74) is 0.271. The van der Waals surface area contributed by atoms with Crippen molar-refractivity contribution >= 4 is 5.97 Å². The Labute approximate surface area is 102 Å². The lowest BCUT2D eigenvalue weighted by atomic mass is 10.2. The van der Waals surface area contributed by atoms with Gasteiger partial charge < -0.3 is 9.84 Å². The van der Waals surface area contributed by atoms with Gasteiger partial charge in [0.2, 0.25) is 0 Å². The van der Waals surface area contributed by atoms with Crippen LogP contribution in [0.3, 0.4) is 0 Å². The Kier molecular flexibility index (Phi) is 4.97. The number of carboxylic acids is 1. The van der Waals surface area contributed by atoms with E-state index >= 15 is 0 Å². The van der Waals surface area contributed by atoms with E-state index in [4.69, 9.17) is 9.84 Å². The second-order valence-corrected chi connectivity index (χ2v) is 3.77. The molecule has 0 aromatic heterocycles. The molecule has 1 unspecified atom stereocenters. The highest BCUT2D eigenvalue weighted by molar-refractivity contribution is 5.87. The molecule has 0 saturated heterocycles. The number of hydrogen-bond donors (Lipinski definition) is 1. The first-order valence-electron chi connectivity index (χ1n) is 5.82. The minimum Gasteiger partial charge on any atom is -0.478 e. The van der Waals surface area contributed by atoms with Crippen LogP contribution in [0.2, 0.25) is 0 Å². The number of nitrogens with zero attached hydrogens (tertiary/aromatic N) is 1. The lowest BCUT2D eigenvalue weighted by molar-refractivity contribution is 0.0480. The van der Waals surface area contributed by atoms with Gasteiger partial charge in [0.25, 0.3) is 0 Å². The molecule has 0 amide bonds. The van der Waals surface area contributed by atoms with Crippen LogP contribution in [0.15, 0.2) is 24.3 Å². The highest BCUT2D eigenvalue weighted by Gasteiger charge is 2.11. The summed E-state index contributed by atoms with van der Waals surface area (Å²) in [6.45, 7) is 7.99. The average molecular weight is 237 g/mol. The van der Waals surface area contributed by atoms with Gasteiger partial charge in [-0.3, -0.25) is 4.90 Å². The maximum absolute atomic E-state index is 10.7. The molecule has 4 nitrogen and oxygen atoms in total. The molecule has 1 rings (SSSR count). The van der Waals surface area contributed by atoms with Crippen molar-refractivity contribution in [1.29, 1.82) is 0 Å². The largest absolute Gasteiger partial charge is 0.478 e. The summed E-state index contributed by atoms with van der Waals surface area (Å²) in [5, 5.41) is 8.77. The first-order valence-corrected chi connectivity index (χ1v) is 5.82. The van der Waals surface area contributed by atoms with E-state index in [9.17, 15) is 4.79 Å². The van der Waals surface area contributed by atoms with E-state index < -0.39 is 5.97 Å². The molecule has 0 heterocycles. The van der Waals surface area contributed by atoms with Crippen molar-refractivity contribution in [3.63, 3.8) is 0 Å². The molecule has 4 heteroatoms. The Morgan fingerprint density at radius 1 is 1.29 bits per heavy atom. The molecule has 0 saturated carbocycles. The van der Waals surface area contributed by atoms with Crippen molar-refractivity contribution in [2.75, 3.05) is 13.1 Å². The van der Waals surface area contributed by atoms with Gasteiger partial charge in [-0.2, -0.15) is 0 Å². The highest BCUT2D eigenvalue weighted by Crippen LogP contribution is 2.15. The monoisotopic (exact) mass is 237 g/mol. The molecule has 0 aliphatic carbocycles. The van der Waals surface area contributed by atoms with Gasteiger partial charge in [0.15, 0.2) is 0 Å². The summed E-state index contributed by atoms with van der Waals surface area (Å²) in [7, 11) is 0. The summed E-state index contributed by atoms with van der Waals surface area (Å²) < 4.78 is 5.73. The smallest absolute Gasteiger partial charge is 0.335 e. The lowest BCUT2D eigenvalue weighted by Crippen LogP contribution is -2.36. The fraction of sp³-hybridized carbons (Fsp3) is 0.462. The number of carboxylic acid groups (broad SMARTS) is 1. The minimum atomic E-state index is -0.923. The molecule has 1 N–H and O–H groups in total. The molecule has 0 spiro atoms. The average Bonchev–Trinajstić information content (AvgIpc) is 2.31. The molecular weight excluding hydrogens is 218 g/mol. The van der Waals surface area contributed by atoms with Gasteiger partial charge >= 0.3 is 5.97 Å². The van der Waals surface area contributed by atoms with Crippen molar-refractivity contribution in [3.8, 4) is 5.75 Å². The van der Waals surface area contributed by atoms with Crippen molar-refractivity contribution in [2.24, 2.45) is 0 Å². The number of ether oxygens (including phenoxy) is 1. The summed E-state index contributed by atoms with van der Waals surface area (Å²) in [6.07, 6.45) is -0.0133. The van der Waals surface area contributed by atoms with Gasteiger partial charge in [-0.15, -0.1) is 0 Å². The van der Waals surface area contributed by atoms with Crippen LogP contribution >= 0.6 is 0 Å². The van der Waals surface area contributed by atoms with Crippen LogP contribution in [-0.4, -0.2) is 35.3 Å². The van der Waals surface area contributed by atoms with Gasteiger partial charge in [0.1, 0.15) is 12.0 Å². The van der Waals surface area contributed by atoms with E-state index in [1.54, 1.807) is 24.3 Å². The van der Waals surface area contributed by atoms with Crippen LogP contribution in [0.1, 0.15) is 31.1 Å². The molecule has 0 fully saturated rings. The van der Waals surface area contributed by atoms with E-state index in [-0.39, 0.29) is 11.8 Å². The van der Waals surface area contributed by atoms with Gasteiger partial charge in [0.05, 0.1) is 5.56 Å². The predicted octanol–water partition coefficient (Wildman–Crippen LogP) is 2.45. The van der Waals surface area contributed by atoms with E-state index in [2.05, 4.69) is 18.7 Å². The topological polar surface area (TPSA) is 49.8 Å². The number of benzene rings is 1. The Bertz CT molecular complexity index is 357. The van der Waals surface area contributed by atoms with E-state index in [1.807, 2.05) is 6.92 Å². The zero-order chi connectivity index (χ0) is 12.8. The second kappa shape index (κ2) is 6.25. The van der Waals surface area contributed by atoms with Gasteiger partial charge in [0, 0.05) is 0 Å². The fourth-order valence-electron chi connectivity index (χ4n) is 1.69. The summed E-state index contributed by atoms with van der Waals surface area (Å²) in [5.74, 6) is -0.234. The highest BCUT2D eigenvalue weighted by atomic mass is 16.5. The second-order valence-electron chi connectivity index (χ2n) is 3.77. The van der Waals surface area contributed by atoms with Crippen LogP contribution in [0, 0.1) is 0 Å². The Balaban J connectivity index is 2.65. The number of aromatic carboxylic acids is 1. The van der Waals surface area contributed by atoms with Crippen molar-refractivity contribution < 1.29 is 14.6 Å². The number of carbonyl (C=O) groups is 1. The number of rotatable bonds is 6. The van der Waals surface area contributed by atoms with Crippen LogP contribution in [0.5, 0.6) is 5.75 Å². The predicted molar refractivity (Wildman–Crippen MR) is 66.4 cm³/mol. The molecule has 1 aromatic rings. The van der Waals surface area contributed by atoms with Gasteiger partial charge in [-0.05, 0) is 44.3 Å². The van der Waals surface area contributed by atoms with Crippen molar-refractivity contribution in [1.82, 2.24) is 4.90 Å². The van der Waals surface area contributed by atoms with E-state index in [0.717, 1.165) is 13.1 Å². The first kappa shape index (κ1) is 13.5. The molecule has 17 heavy (non-hydrogen) atoms. The zero-order valence-electron chi connectivity index (χ0n) is 10.5. The standard InChI is InChI=1S/C13H19NO3/c1-4-14(5-2)10(3)17-12-8-6-11(7-9-12)13(15)16/h6-10H,4-5H2,1-3H3,(H,15,16). The molecule has 1 atom stereocenters. The Morgan fingerprint density at radius 3 is 2.24 bits per heavy atom. The van der Waals surface area contributed by atoms with Crippen molar-refractivity contribution in [3.05, 3.63) is 29.8 Å². The maximum atomic E-state index is 10.7. The van der Waals surface area contributed by atoms with Crippen LogP contribution < -0.4 is 4.74 Å². The summed E-state index contributed by atoms with van der Waals surface area (Å²) in [4.78, 5) is 12.9. The molecule has 0 radical (unpaired) electrons. The molecular formula is C13H19NO3. The molecule has 0 bridgehead atoms. The molecule has 0 aliphatic rings. The van der Waals surface area contributed by atoms with E-state index in [1.165, 1.54) is 0 Å². The Hall–Kier alpha value is -1.55. The third-order valence-corrected chi connectivity index (χ3v) is 2.73. The SMILES string of the molecule is CCN(CC)C(C)Oc1ccc(C(=O)O)cc1. The summed E-state index contributed by atoms with van der Waals surface area (Å²) in [6, 6.07) is 6.46. The zero-order valence-corrected chi connectivity index (χ0v) is 10.5. The number of hydrogen-bond acceptors (Lipinski definition) is 3. The minimum absolute atomic E-state index is 0.0133. The van der Waals surface area contributed by atoms with Crippen LogP contribution in [0.4, 0.5) is 0 Å². The van der Waals surface area contributed by atoms with Gasteiger partial charge in [-0.1, -0.05) is 13.8 Å². The van der Waals surface area contributed by atoms with Gasteiger partial charge in [-0.25, -0.2) is 4.79 Å². The van der Waals surface area contributed by atoms with Crippen LogP contribution in [-0.2, 0) is 0 Å². The molecule has 94 valence electrons.